The van der Waals surface area contributed by atoms with Crippen LogP contribution in [0.3, 0.4) is 0 Å². The van der Waals surface area contributed by atoms with Gasteiger partial charge in [0.2, 0.25) is 0 Å². The van der Waals surface area contributed by atoms with Crippen LogP contribution in [-0.2, 0) is 4.74 Å². The molecule has 136 valence electrons. The molecule has 3 aliphatic heterocycles. The number of hydrogen-bond acceptors (Lipinski definition) is 5. The lowest BCUT2D eigenvalue weighted by atomic mass is 9.84. The van der Waals surface area contributed by atoms with Gasteiger partial charge in [-0.1, -0.05) is 12.1 Å². The molecule has 2 fully saturated rings. The summed E-state index contributed by atoms with van der Waals surface area (Å²) in [5, 5.41) is 0. The van der Waals surface area contributed by atoms with Gasteiger partial charge in [0.15, 0.2) is 5.78 Å². The van der Waals surface area contributed by atoms with Crippen molar-refractivity contribution >= 4 is 5.78 Å². The minimum Gasteiger partial charge on any atom is -0.486 e. The molecule has 3 heterocycles. The molecule has 4 rings (SSSR count). The van der Waals surface area contributed by atoms with E-state index >= 15 is 0 Å². The first-order valence-electron chi connectivity index (χ1n) is 9.58. The number of carbonyl (C=O) groups excluding carboxylic acids is 1. The highest BCUT2D eigenvalue weighted by atomic mass is 16.5. The van der Waals surface area contributed by atoms with Gasteiger partial charge < -0.3 is 14.4 Å². The first-order chi connectivity index (χ1) is 12.2. The van der Waals surface area contributed by atoms with Gasteiger partial charge >= 0.3 is 0 Å². The average Bonchev–Trinajstić information content (AvgIpc) is 2.83. The Morgan fingerprint density at radius 1 is 0.960 bits per heavy atom. The van der Waals surface area contributed by atoms with Crippen LogP contribution in [0, 0.1) is 0 Å². The van der Waals surface area contributed by atoms with Crippen LogP contribution in [0.1, 0.15) is 36.0 Å². The molecule has 0 bridgehead atoms. The summed E-state index contributed by atoms with van der Waals surface area (Å²) >= 11 is 0. The minimum atomic E-state index is -0.293. The average molecular weight is 344 g/mol. The van der Waals surface area contributed by atoms with Gasteiger partial charge in [-0.15, -0.1) is 0 Å². The zero-order valence-electron chi connectivity index (χ0n) is 14.9. The zero-order chi connectivity index (χ0) is 17.1. The second-order valence-electron chi connectivity index (χ2n) is 7.53. The van der Waals surface area contributed by atoms with Crippen LogP contribution in [-0.4, -0.2) is 73.7 Å². The van der Waals surface area contributed by atoms with Crippen molar-refractivity contribution in [1.82, 2.24) is 9.80 Å². The Bertz CT molecular complexity index is 615. The molecule has 1 unspecified atom stereocenters. The molecule has 0 amide bonds. The second kappa shape index (κ2) is 7.44. The van der Waals surface area contributed by atoms with E-state index in [9.17, 15) is 4.79 Å². The number of ketones is 1. The van der Waals surface area contributed by atoms with E-state index in [2.05, 4.69) is 9.80 Å². The van der Waals surface area contributed by atoms with Crippen LogP contribution in [0.2, 0.25) is 0 Å². The van der Waals surface area contributed by atoms with Crippen LogP contribution in [0.5, 0.6) is 5.75 Å². The number of hydrogen-bond donors (Lipinski definition) is 0. The topological polar surface area (TPSA) is 42.0 Å². The van der Waals surface area contributed by atoms with Crippen molar-refractivity contribution in [2.45, 2.75) is 31.3 Å². The Labute approximate surface area is 149 Å². The Morgan fingerprint density at radius 3 is 2.56 bits per heavy atom. The van der Waals surface area contributed by atoms with E-state index in [-0.39, 0.29) is 11.4 Å². The predicted octanol–water partition coefficient (Wildman–Crippen LogP) is 2.21. The van der Waals surface area contributed by atoms with Gasteiger partial charge in [-0.05, 0) is 31.5 Å². The van der Waals surface area contributed by atoms with Crippen LogP contribution in [0.25, 0.3) is 0 Å². The largest absolute Gasteiger partial charge is 0.486 e. The highest BCUT2D eigenvalue weighted by Gasteiger charge is 2.41. The molecule has 1 spiro atoms. The van der Waals surface area contributed by atoms with Gasteiger partial charge in [0.05, 0.1) is 25.2 Å². The molecule has 1 aromatic carbocycles. The molecule has 0 radical (unpaired) electrons. The van der Waals surface area contributed by atoms with Gasteiger partial charge in [0, 0.05) is 39.1 Å². The van der Waals surface area contributed by atoms with Crippen LogP contribution in [0.4, 0.5) is 0 Å². The summed E-state index contributed by atoms with van der Waals surface area (Å²) in [7, 11) is 0. The fraction of sp³-hybridized carbons (Fsp3) is 0.650. The molecular formula is C20H28N2O3. The molecular weight excluding hydrogens is 316 g/mol. The maximum atomic E-state index is 12.6. The van der Waals surface area contributed by atoms with Gasteiger partial charge in [-0.3, -0.25) is 9.69 Å². The Hall–Kier alpha value is -1.43. The molecule has 1 aromatic rings. The number of rotatable bonds is 3. The van der Waals surface area contributed by atoms with Gasteiger partial charge in [0.1, 0.15) is 11.4 Å². The van der Waals surface area contributed by atoms with Crippen LogP contribution >= 0.6 is 0 Å². The lowest BCUT2D eigenvalue weighted by Gasteiger charge is -2.37. The maximum absolute atomic E-state index is 12.6. The molecule has 25 heavy (non-hydrogen) atoms. The molecule has 1 atom stereocenters. The third-order valence-corrected chi connectivity index (χ3v) is 5.82. The summed E-state index contributed by atoms with van der Waals surface area (Å²) in [4.78, 5) is 17.6. The SMILES string of the molecule is O=C1CC2(CCCN(CCN3CCOCC3)CC2)Oc2ccccc21. The predicted molar refractivity (Wildman–Crippen MR) is 96.3 cm³/mol. The Morgan fingerprint density at radius 2 is 1.72 bits per heavy atom. The monoisotopic (exact) mass is 344 g/mol. The minimum absolute atomic E-state index is 0.239. The van der Waals surface area contributed by atoms with Gasteiger partial charge in [-0.2, -0.15) is 0 Å². The van der Waals surface area contributed by atoms with E-state index in [0.717, 1.165) is 83.1 Å². The molecule has 2 saturated heterocycles. The van der Waals surface area contributed by atoms with Crippen LogP contribution < -0.4 is 4.74 Å². The number of benzene rings is 1. The lowest BCUT2D eigenvalue weighted by molar-refractivity contribution is 0.0268. The van der Waals surface area contributed by atoms with E-state index in [1.54, 1.807) is 0 Å². The van der Waals surface area contributed by atoms with Gasteiger partial charge in [-0.25, -0.2) is 0 Å². The summed E-state index contributed by atoms with van der Waals surface area (Å²) < 4.78 is 11.8. The Kier molecular flexibility index (Phi) is 5.06. The standard InChI is InChI=1S/C20H28N2O3/c23-18-16-20(25-19-5-2-1-4-17(18)19)6-3-8-21(9-7-20)10-11-22-12-14-24-15-13-22/h1-2,4-5H,3,6-16H2. The highest BCUT2D eigenvalue weighted by molar-refractivity contribution is 6.00. The lowest BCUT2D eigenvalue weighted by Crippen LogP contribution is -2.44. The summed E-state index contributed by atoms with van der Waals surface area (Å²) in [6.07, 6.45) is 3.54. The smallest absolute Gasteiger partial charge is 0.170 e. The highest BCUT2D eigenvalue weighted by Crippen LogP contribution is 2.39. The maximum Gasteiger partial charge on any atom is 0.170 e. The van der Waals surface area contributed by atoms with Crippen LogP contribution in [0.15, 0.2) is 24.3 Å². The number of Topliss-reactive ketones (excluding diaryl/α,β-unsaturated/α-hetero) is 1. The quantitative estimate of drug-likeness (QED) is 0.841. The van der Waals surface area contributed by atoms with Crippen molar-refractivity contribution in [2.24, 2.45) is 0 Å². The van der Waals surface area contributed by atoms with Crippen molar-refractivity contribution in [1.29, 1.82) is 0 Å². The molecule has 0 N–H and O–H groups in total. The molecule has 3 aliphatic rings. The van der Waals surface area contributed by atoms with E-state index in [4.69, 9.17) is 9.47 Å². The number of fused-ring (bicyclic) bond motifs is 1. The van der Waals surface area contributed by atoms with Crippen molar-refractivity contribution in [2.75, 3.05) is 52.5 Å². The zero-order valence-corrected chi connectivity index (χ0v) is 14.9. The summed E-state index contributed by atoms with van der Waals surface area (Å²) in [5.74, 6) is 1.02. The third-order valence-electron chi connectivity index (χ3n) is 5.82. The van der Waals surface area contributed by atoms with Crippen molar-refractivity contribution in [3.05, 3.63) is 29.8 Å². The number of morpholine rings is 1. The van der Waals surface area contributed by atoms with E-state index < -0.39 is 0 Å². The fourth-order valence-electron chi connectivity index (χ4n) is 4.28. The summed E-state index contributed by atoms with van der Waals surface area (Å²) in [6.45, 7) is 8.14. The van der Waals surface area contributed by atoms with Gasteiger partial charge in [0.25, 0.3) is 0 Å². The second-order valence-corrected chi connectivity index (χ2v) is 7.53. The Balaban J connectivity index is 1.36. The normalized spacial score (nSPS) is 28.4. The molecule has 0 aromatic heterocycles. The third kappa shape index (κ3) is 3.89. The van der Waals surface area contributed by atoms with Crippen molar-refractivity contribution in [3.8, 4) is 5.75 Å². The number of nitrogens with zero attached hydrogens (tertiary/aromatic N) is 2. The molecule has 0 aliphatic carbocycles. The number of carbonyl (C=O) groups is 1. The molecule has 5 nitrogen and oxygen atoms in total. The number of likely N-dealkylation sites (tertiary alicyclic amines) is 1. The first-order valence-corrected chi connectivity index (χ1v) is 9.58. The number of para-hydroxylation sites is 1. The fourth-order valence-corrected chi connectivity index (χ4v) is 4.28. The summed E-state index contributed by atoms with van der Waals surface area (Å²) in [6, 6.07) is 7.69. The first kappa shape index (κ1) is 17.0. The van der Waals surface area contributed by atoms with E-state index in [1.807, 2.05) is 24.3 Å². The van der Waals surface area contributed by atoms with Crippen molar-refractivity contribution in [3.63, 3.8) is 0 Å². The van der Waals surface area contributed by atoms with Crippen molar-refractivity contribution < 1.29 is 14.3 Å². The number of ether oxygens (including phenoxy) is 2. The molecule has 5 heteroatoms. The van der Waals surface area contributed by atoms with E-state index in [1.165, 1.54) is 0 Å². The van der Waals surface area contributed by atoms with E-state index in [0.29, 0.717) is 6.42 Å². The molecule has 0 saturated carbocycles. The summed E-state index contributed by atoms with van der Waals surface area (Å²) in [5.41, 5.74) is 0.459.